The Labute approximate surface area is 106 Å². The predicted molar refractivity (Wildman–Crippen MR) is 71.6 cm³/mol. The molecular formula is C14H28N2O. The van der Waals surface area contributed by atoms with Crippen LogP contribution in [0.25, 0.3) is 0 Å². The third kappa shape index (κ3) is 7.37. The Morgan fingerprint density at radius 3 is 2.53 bits per heavy atom. The highest BCUT2D eigenvalue weighted by atomic mass is 16.1. The van der Waals surface area contributed by atoms with Crippen LogP contribution in [-0.2, 0) is 4.79 Å². The van der Waals surface area contributed by atoms with Crippen molar-refractivity contribution in [3.8, 4) is 0 Å². The molecule has 0 aliphatic heterocycles. The van der Waals surface area contributed by atoms with Gasteiger partial charge < -0.3 is 11.1 Å². The Hall–Kier alpha value is -0.570. The molecule has 0 aromatic rings. The minimum atomic E-state index is -0.177. The maximum absolute atomic E-state index is 10.6. The largest absolute Gasteiger partial charge is 0.370 e. The average molecular weight is 240 g/mol. The molecule has 1 amide bonds. The van der Waals surface area contributed by atoms with Gasteiger partial charge in [0.15, 0.2) is 0 Å². The number of nitrogens with two attached hydrogens (primary N) is 1. The van der Waals surface area contributed by atoms with E-state index < -0.39 is 0 Å². The van der Waals surface area contributed by atoms with Crippen molar-refractivity contribution in [3.05, 3.63) is 0 Å². The molecule has 1 aliphatic rings. The fourth-order valence-electron chi connectivity index (χ4n) is 2.23. The van der Waals surface area contributed by atoms with Crippen LogP contribution in [0.1, 0.15) is 58.8 Å². The second kappa shape index (κ2) is 7.70. The van der Waals surface area contributed by atoms with Crippen LogP contribution in [0.15, 0.2) is 0 Å². The molecule has 0 spiro atoms. The van der Waals surface area contributed by atoms with Gasteiger partial charge in [-0.1, -0.05) is 13.8 Å². The van der Waals surface area contributed by atoms with E-state index in [1.54, 1.807) is 0 Å². The van der Waals surface area contributed by atoms with Crippen molar-refractivity contribution >= 4 is 5.91 Å². The van der Waals surface area contributed by atoms with Gasteiger partial charge in [0.25, 0.3) is 0 Å². The second-order valence-electron chi connectivity index (χ2n) is 5.79. The molecule has 100 valence electrons. The van der Waals surface area contributed by atoms with Crippen molar-refractivity contribution < 1.29 is 4.79 Å². The van der Waals surface area contributed by atoms with E-state index in [0.717, 1.165) is 31.2 Å². The molecule has 3 nitrogen and oxygen atoms in total. The van der Waals surface area contributed by atoms with E-state index in [2.05, 4.69) is 19.2 Å². The van der Waals surface area contributed by atoms with E-state index in [4.69, 9.17) is 5.73 Å². The Kier molecular flexibility index (Phi) is 6.56. The molecule has 3 heteroatoms. The third-order valence-electron chi connectivity index (χ3n) is 3.50. The van der Waals surface area contributed by atoms with Gasteiger partial charge in [-0.05, 0) is 56.9 Å². The van der Waals surface area contributed by atoms with E-state index in [1.165, 1.54) is 25.7 Å². The first-order valence-electron chi connectivity index (χ1n) is 7.11. The van der Waals surface area contributed by atoms with E-state index in [1.807, 2.05) is 0 Å². The molecule has 0 heterocycles. The molecular weight excluding hydrogens is 212 g/mol. The predicted octanol–water partition coefficient (Wildman–Crippen LogP) is 2.45. The number of carbonyl (C=O) groups is 1. The lowest BCUT2D eigenvalue weighted by atomic mass is 10.00. The summed E-state index contributed by atoms with van der Waals surface area (Å²) in [4.78, 5) is 10.6. The molecule has 0 aromatic heterocycles. The molecule has 0 radical (unpaired) electrons. The van der Waals surface area contributed by atoms with Gasteiger partial charge in [-0.25, -0.2) is 0 Å². The molecule has 0 bridgehead atoms. The number of hydrogen-bond donors (Lipinski definition) is 2. The molecule has 1 fully saturated rings. The zero-order valence-corrected chi connectivity index (χ0v) is 11.4. The van der Waals surface area contributed by atoms with Crippen LogP contribution in [0.4, 0.5) is 0 Å². The quantitative estimate of drug-likeness (QED) is 0.576. The van der Waals surface area contributed by atoms with Crippen molar-refractivity contribution in [2.24, 2.45) is 17.6 Å². The Morgan fingerprint density at radius 2 is 2.00 bits per heavy atom. The van der Waals surface area contributed by atoms with E-state index in [9.17, 15) is 4.79 Å². The van der Waals surface area contributed by atoms with Crippen molar-refractivity contribution in [1.82, 2.24) is 5.32 Å². The molecule has 1 aliphatic carbocycles. The summed E-state index contributed by atoms with van der Waals surface area (Å²) < 4.78 is 0. The highest BCUT2D eigenvalue weighted by Gasteiger charge is 2.30. The maximum atomic E-state index is 10.6. The number of unbranched alkanes of at least 4 members (excludes halogenated alkanes) is 1. The Balaban J connectivity index is 2.06. The van der Waals surface area contributed by atoms with E-state index in [0.29, 0.717) is 12.5 Å². The van der Waals surface area contributed by atoms with E-state index in [-0.39, 0.29) is 5.91 Å². The minimum absolute atomic E-state index is 0.177. The number of carbonyl (C=O) groups excluding carboxylic acids is 1. The van der Waals surface area contributed by atoms with Crippen molar-refractivity contribution in [2.75, 3.05) is 6.54 Å². The number of amides is 1. The lowest BCUT2D eigenvalue weighted by Gasteiger charge is -2.19. The summed E-state index contributed by atoms with van der Waals surface area (Å²) in [7, 11) is 0. The fraction of sp³-hybridized carbons (Fsp3) is 0.929. The summed E-state index contributed by atoms with van der Waals surface area (Å²) in [6, 6.07) is 0.714. The SMILES string of the molecule is CC(C)CCC(NCCCCC(N)=O)C1CC1. The molecule has 1 unspecified atom stereocenters. The lowest BCUT2D eigenvalue weighted by Crippen LogP contribution is -2.32. The summed E-state index contributed by atoms with van der Waals surface area (Å²) in [5.41, 5.74) is 5.11. The molecule has 1 rings (SSSR count). The van der Waals surface area contributed by atoms with Gasteiger partial charge in [0.05, 0.1) is 0 Å². The first kappa shape index (κ1) is 14.5. The topological polar surface area (TPSA) is 55.1 Å². The molecule has 3 N–H and O–H groups in total. The monoisotopic (exact) mass is 240 g/mol. The van der Waals surface area contributed by atoms with Crippen LogP contribution >= 0.6 is 0 Å². The molecule has 0 saturated heterocycles. The third-order valence-corrected chi connectivity index (χ3v) is 3.50. The van der Waals surface area contributed by atoms with Crippen LogP contribution in [-0.4, -0.2) is 18.5 Å². The Bertz CT molecular complexity index is 224. The summed E-state index contributed by atoms with van der Waals surface area (Å²) in [5, 5.41) is 3.66. The lowest BCUT2D eigenvalue weighted by molar-refractivity contribution is -0.118. The highest BCUT2D eigenvalue weighted by molar-refractivity contribution is 5.73. The average Bonchev–Trinajstić information content (AvgIpc) is 3.05. The van der Waals surface area contributed by atoms with Crippen LogP contribution in [0.2, 0.25) is 0 Å². The van der Waals surface area contributed by atoms with Gasteiger partial charge in [0, 0.05) is 12.5 Å². The first-order chi connectivity index (χ1) is 8.09. The second-order valence-corrected chi connectivity index (χ2v) is 5.79. The number of hydrogen-bond acceptors (Lipinski definition) is 2. The smallest absolute Gasteiger partial charge is 0.217 e. The zero-order valence-electron chi connectivity index (χ0n) is 11.4. The number of rotatable bonds is 10. The van der Waals surface area contributed by atoms with Gasteiger partial charge in [0.1, 0.15) is 0 Å². The van der Waals surface area contributed by atoms with Crippen molar-refractivity contribution in [2.45, 2.75) is 64.8 Å². The Morgan fingerprint density at radius 1 is 1.29 bits per heavy atom. The van der Waals surface area contributed by atoms with Gasteiger partial charge in [-0.2, -0.15) is 0 Å². The van der Waals surface area contributed by atoms with Crippen LogP contribution in [0.3, 0.4) is 0 Å². The summed E-state index contributed by atoms with van der Waals surface area (Å²) in [5.74, 6) is 1.54. The van der Waals surface area contributed by atoms with Gasteiger partial charge in [-0.15, -0.1) is 0 Å². The zero-order chi connectivity index (χ0) is 12.7. The van der Waals surface area contributed by atoms with E-state index >= 15 is 0 Å². The maximum Gasteiger partial charge on any atom is 0.217 e. The van der Waals surface area contributed by atoms with Crippen molar-refractivity contribution in [3.63, 3.8) is 0 Å². The summed E-state index contributed by atoms with van der Waals surface area (Å²) in [6.45, 7) is 5.61. The van der Waals surface area contributed by atoms with Gasteiger partial charge in [0.2, 0.25) is 5.91 Å². The van der Waals surface area contributed by atoms with Crippen LogP contribution in [0.5, 0.6) is 0 Å². The fourth-order valence-corrected chi connectivity index (χ4v) is 2.23. The number of nitrogens with one attached hydrogen (secondary N) is 1. The molecule has 0 aromatic carbocycles. The van der Waals surface area contributed by atoms with Crippen LogP contribution < -0.4 is 11.1 Å². The standard InChI is InChI=1S/C14H28N2O/c1-11(2)6-9-13(12-7-8-12)16-10-4-3-5-14(15)17/h11-13,16H,3-10H2,1-2H3,(H2,15,17). The molecule has 1 atom stereocenters. The normalized spacial score (nSPS) is 17.4. The highest BCUT2D eigenvalue weighted by Crippen LogP contribution is 2.35. The van der Waals surface area contributed by atoms with Gasteiger partial charge in [-0.3, -0.25) is 4.79 Å². The van der Waals surface area contributed by atoms with Gasteiger partial charge >= 0.3 is 0 Å². The molecule has 1 saturated carbocycles. The molecule has 17 heavy (non-hydrogen) atoms. The summed E-state index contributed by atoms with van der Waals surface area (Å²) >= 11 is 0. The van der Waals surface area contributed by atoms with Crippen molar-refractivity contribution in [1.29, 1.82) is 0 Å². The first-order valence-corrected chi connectivity index (χ1v) is 7.11. The minimum Gasteiger partial charge on any atom is -0.370 e. The number of primary amides is 1. The summed E-state index contributed by atoms with van der Waals surface area (Å²) in [6.07, 6.45) is 7.93. The van der Waals surface area contributed by atoms with Crippen LogP contribution in [0, 0.1) is 11.8 Å².